The van der Waals surface area contributed by atoms with Crippen molar-refractivity contribution in [2.24, 2.45) is 0 Å². The van der Waals surface area contributed by atoms with Crippen LogP contribution in [0.15, 0.2) is 0 Å². The van der Waals surface area contributed by atoms with Gasteiger partial charge in [-0.1, -0.05) is 6.42 Å². The number of nitrogens with zero attached hydrogens (tertiary/aromatic N) is 1. The van der Waals surface area contributed by atoms with Gasteiger partial charge in [0.2, 0.25) is 0 Å². The van der Waals surface area contributed by atoms with E-state index in [1.54, 1.807) is 0 Å². The standard InChI is InChI=1S/C11H19NO4S/c13-11(14)7-9-3-1-2-5-12(9)10-4-6-17(15,16)8-10/h9-10H,1-8H2,(H,13,14). The van der Waals surface area contributed by atoms with Crippen LogP contribution >= 0.6 is 0 Å². The van der Waals surface area contributed by atoms with Crippen molar-refractivity contribution in [2.45, 2.75) is 44.2 Å². The summed E-state index contributed by atoms with van der Waals surface area (Å²) in [5.41, 5.74) is 0. The van der Waals surface area contributed by atoms with E-state index in [4.69, 9.17) is 5.11 Å². The second-order valence-corrected chi connectivity index (χ2v) is 7.27. The van der Waals surface area contributed by atoms with Gasteiger partial charge in [0, 0.05) is 12.1 Å². The van der Waals surface area contributed by atoms with Gasteiger partial charge in [0.15, 0.2) is 9.84 Å². The molecule has 2 saturated heterocycles. The number of carboxylic acids is 1. The summed E-state index contributed by atoms with van der Waals surface area (Å²) in [5.74, 6) is -0.320. The van der Waals surface area contributed by atoms with E-state index in [2.05, 4.69) is 4.90 Å². The maximum Gasteiger partial charge on any atom is 0.304 e. The van der Waals surface area contributed by atoms with Crippen LogP contribution in [0.25, 0.3) is 0 Å². The van der Waals surface area contributed by atoms with Crippen molar-refractivity contribution in [3.05, 3.63) is 0 Å². The molecule has 0 spiro atoms. The molecule has 0 aromatic heterocycles. The first kappa shape index (κ1) is 12.8. The number of hydrogen-bond acceptors (Lipinski definition) is 4. The van der Waals surface area contributed by atoms with Crippen molar-refractivity contribution in [1.29, 1.82) is 0 Å². The first-order valence-corrected chi connectivity index (χ1v) is 7.98. The third-order valence-corrected chi connectivity index (χ3v) is 5.51. The Balaban J connectivity index is 2.04. The largest absolute Gasteiger partial charge is 0.481 e. The zero-order valence-electron chi connectivity index (χ0n) is 9.84. The molecule has 2 aliphatic rings. The molecule has 0 aliphatic carbocycles. The highest BCUT2D eigenvalue weighted by molar-refractivity contribution is 7.91. The summed E-state index contributed by atoms with van der Waals surface area (Å²) in [5, 5.41) is 8.88. The van der Waals surface area contributed by atoms with Gasteiger partial charge < -0.3 is 5.11 Å². The van der Waals surface area contributed by atoms with E-state index in [-0.39, 0.29) is 30.0 Å². The summed E-state index contributed by atoms with van der Waals surface area (Å²) >= 11 is 0. The third kappa shape index (κ3) is 3.19. The summed E-state index contributed by atoms with van der Waals surface area (Å²) in [4.78, 5) is 12.9. The average Bonchev–Trinajstić information content (AvgIpc) is 2.59. The van der Waals surface area contributed by atoms with Crippen molar-refractivity contribution in [3.8, 4) is 0 Å². The molecule has 1 N–H and O–H groups in total. The topological polar surface area (TPSA) is 74.7 Å². The van der Waals surface area contributed by atoms with Crippen LogP contribution in [0.4, 0.5) is 0 Å². The summed E-state index contributed by atoms with van der Waals surface area (Å²) < 4.78 is 22.9. The van der Waals surface area contributed by atoms with Crippen molar-refractivity contribution in [2.75, 3.05) is 18.1 Å². The number of carbonyl (C=O) groups is 1. The van der Waals surface area contributed by atoms with Gasteiger partial charge in [-0.15, -0.1) is 0 Å². The van der Waals surface area contributed by atoms with E-state index in [0.29, 0.717) is 6.42 Å². The minimum Gasteiger partial charge on any atom is -0.481 e. The van der Waals surface area contributed by atoms with Gasteiger partial charge in [-0.05, 0) is 25.8 Å². The fourth-order valence-corrected chi connectivity index (χ4v) is 4.70. The van der Waals surface area contributed by atoms with Gasteiger partial charge in [0.25, 0.3) is 0 Å². The molecule has 0 aromatic rings. The lowest BCUT2D eigenvalue weighted by atomic mass is 9.97. The van der Waals surface area contributed by atoms with Crippen LogP contribution in [-0.4, -0.2) is 54.5 Å². The fourth-order valence-electron chi connectivity index (χ4n) is 2.96. The van der Waals surface area contributed by atoms with Crippen LogP contribution in [0.2, 0.25) is 0 Å². The molecule has 2 rings (SSSR count). The zero-order valence-corrected chi connectivity index (χ0v) is 10.7. The molecular weight excluding hydrogens is 242 g/mol. The maximum absolute atomic E-state index is 11.5. The Hall–Kier alpha value is -0.620. The van der Waals surface area contributed by atoms with Gasteiger partial charge in [-0.2, -0.15) is 0 Å². The van der Waals surface area contributed by atoms with Crippen molar-refractivity contribution in [3.63, 3.8) is 0 Å². The molecule has 0 amide bonds. The molecule has 17 heavy (non-hydrogen) atoms. The Morgan fingerprint density at radius 1 is 1.29 bits per heavy atom. The lowest BCUT2D eigenvalue weighted by molar-refractivity contribution is -0.139. The highest BCUT2D eigenvalue weighted by atomic mass is 32.2. The SMILES string of the molecule is O=C(O)CC1CCCCN1C1CCS(=O)(=O)C1. The summed E-state index contributed by atoms with van der Waals surface area (Å²) in [6.45, 7) is 0.845. The lowest BCUT2D eigenvalue weighted by Gasteiger charge is -2.38. The van der Waals surface area contributed by atoms with Gasteiger partial charge in [0.1, 0.15) is 0 Å². The average molecular weight is 261 g/mol. The van der Waals surface area contributed by atoms with Crippen molar-refractivity contribution < 1.29 is 18.3 Å². The van der Waals surface area contributed by atoms with Gasteiger partial charge in [0.05, 0.1) is 17.9 Å². The number of sulfone groups is 1. The Bertz CT molecular complexity index is 392. The minimum absolute atomic E-state index is 0.0274. The Morgan fingerprint density at radius 3 is 2.65 bits per heavy atom. The fraction of sp³-hybridized carbons (Fsp3) is 0.909. The van der Waals surface area contributed by atoms with Crippen LogP contribution in [-0.2, 0) is 14.6 Å². The molecule has 5 nitrogen and oxygen atoms in total. The van der Waals surface area contributed by atoms with E-state index >= 15 is 0 Å². The molecule has 6 heteroatoms. The molecule has 2 atom stereocenters. The minimum atomic E-state index is -2.89. The van der Waals surface area contributed by atoms with Crippen molar-refractivity contribution >= 4 is 15.8 Å². The maximum atomic E-state index is 11.5. The third-order valence-electron chi connectivity index (χ3n) is 3.76. The highest BCUT2D eigenvalue weighted by Gasteiger charge is 2.37. The molecular formula is C11H19NO4S. The lowest BCUT2D eigenvalue weighted by Crippen LogP contribution is -2.47. The highest BCUT2D eigenvalue weighted by Crippen LogP contribution is 2.27. The molecule has 0 radical (unpaired) electrons. The zero-order chi connectivity index (χ0) is 12.5. The molecule has 98 valence electrons. The van der Waals surface area contributed by atoms with Crippen molar-refractivity contribution in [1.82, 2.24) is 4.90 Å². The quantitative estimate of drug-likeness (QED) is 0.801. The van der Waals surface area contributed by atoms with Gasteiger partial charge >= 0.3 is 5.97 Å². The number of carboxylic acid groups (broad SMARTS) is 1. The Labute approximate surface area is 102 Å². The Kier molecular flexibility index (Phi) is 3.73. The summed E-state index contributed by atoms with van der Waals surface area (Å²) in [6.07, 6.45) is 3.78. The number of rotatable bonds is 3. The van der Waals surface area contributed by atoms with Crippen LogP contribution in [0, 0.1) is 0 Å². The second kappa shape index (κ2) is 4.94. The molecule has 0 bridgehead atoms. The molecule has 0 saturated carbocycles. The molecule has 0 aromatic carbocycles. The van der Waals surface area contributed by atoms with Gasteiger partial charge in [-0.25, -0.2) is 8.42 Å². The molecule has 2 heterocycles. The molecule has 2 unspecified atom stereocenters. The van der Waals surface area contributed by atoms with E-state index in [9.17, 15) is 13.2 Å². The van der Waals surface area contributed by atoms with Crippen LogP contribution in [0.1, 0.15) is 32.1 Å². The normalized spacial score (nSPS) is 33.6. The number of piperidine rings is 1. The predicted molar refractivity (Wildman–Crippen MR) is 63.7 cm³/mol. The van der Waals surface area contributed by atoms with E-state index < -0.39 is 15.8 Å². The number of hydrogen-bond donors (Lipinski definition) is 1. The van der Waals surface area contributed by atoms with Gasteiger partial charge in [-0.3, -0.25) is 9.69 Å². The van der Waals surface area contributed by atoms with Crippen LogP contribution in [0.3, 0.4) is 0 Å². The summed E-state index contributed by atoms with van der Waals surface area (Å²) in [7, 11) is -2.89. The molecule has 2 fully saturated rings. The van der Waals surface area contributed by atoms with Crippen LogP contribution < -0.4 is 0 Å². The smallest absolute Gasteiger partial charge is 0.304 e. The second-order valence-electron chi connectivity index (χ2n) is 5.04. The van der Waals surface area contributed by atoms with E-state index in [1.807, 2.05) is 0 Å². The first-order valence-electron chi connectivity index (χ1n) is 6.16. The van der Waals surface area contributed by atoms with E-state index in [0.717, 1.165) is 25.8 Å². The van der Waals surface area contributed by atoms with E-state index in [1.165, 1.54) is 0 Å². The predicted octanol–water partition coefficient (Wildman–Crippen LogP) is 0.503. The number of aliphatic carboxylic acids is 1. The number of likely N-dealkylation sites (tertiary alicyclic amines) is 1. The first-order chi connectivity index (χ1) is 7.98. The summed E-state index contributed by atoms with van der Waals surface area (Å²) in [6, 6.07) is 0.0733. The monoisotopic (exact) mass is 261 g/mol. The Morgan fingerprint density at radius 2 is 2.06 bits per heavy atom. The van der Waals surface area contributed by atoms with Crippen LogP contribution in [0.5, 0.6) is 0 Å². The molecule has 2 aliphatic heterocycles.